The molecule has 0 amide bonds. The molecule has 0 fully saturated rings. The highest BCUT2D eigenvalue weighted by Crippen LogP contribution is 2.31. The number of halogens is 2. The summed E-state index contributed by atoms with van der Waals surface area (Å²) < 4.78 is 8.36. The van der Waals surface area contributed by atoms with Gasteiger partial charge in [-0.1, -0.05) is 57.1 Å². The van der Waals surface area contributed by atoms with Gasteiger partial charge in [-0.3, -0.25) is 4.79 Å². The summed E-state index contributed by atoms with van der Waals surface area (Å²) in [5.41, 5.74) is 1.36. The molecule has 4 aromatic rings. The first-order valence-electron chi connectivity index (χ1n) is 7.56. The molecule has 5 nitrogen and oxygen atoms in total. The Morgan fingerprint density at radius 2 is 2.04 bits per heavy atom. The molecule has 26 heavy (non-hydrogen) atoms. The van der Waals surface area contributed by atoms with Crippen LogP contribution in [0.2, 0.25) is 5.02 Å². The summed E-state index contributed by atoms with van der Waals surface area (Å²) in [6.45, 7) is 0. The van der Waals surface area contributed by atoms with Gasteiger partial charge in [-0.2, -0.15) is 0 Å². The Hall–Kier alpha value is -2.22. The SMILES string of the molecule is COc1ccc(Cl)cc1-c1nnc2sc(=Cc3ccccc3Br)c(=O)n12. The van der Waals surface area contributed by atoms with Gasteiger partial charge in [0, 0.05) is 9.50 Å². The highest BCUT2D eigenvalue weighted by atomic mass is 79.9. The van der Waals surface area contributed by atoms with Crippen molar-refractivity contribution in [2.45, 2.75) is 0 Å². The molecular weight excluding hydrogens is 438 g/mol. The molecule has 4 rings (SSSR count). The van der Waals surface area contributed by atoms with Gasteiger partial charge in [0.1, 0.15) is 5.75 Å². The summed E-state index contributed by atoms with van der Waals surface area (Å²) in [5, 5.41) is 8.84. The van der Waals surface area contributed by atoms with E-state index in [4.69, 9.17) is 16.3 Å². The minimum Gasteiger partial charge on any atom is -0.496 e. The van der Waals surface area contributed by atoms with Gasteiger partial charge in [-0.25, -0.2) is 4.40 Å². The third-order valence-corrected chi connectivity index (χ3v) is 5.76. The summed E-state index contributed by atoms with van der Waals surface area (Å²) in [7, 11) is 1.56. The van der Waals surface area contributed by atoms with Crippen molar-refractivity contribution in [3.63, 3.8) is 0 Å². The van der Waals surface area contributed by atoms with Gasteiger partial charge in [0.05, 0.1) is 17.2 Å². The van der Waals surface area contributed by atoms with E-state index >= 15 is 0 Å². The van der Waals surface area contributed by atoms with Crippen LogP contribution in [0.15, 0.2) is 51.7 Å². The van der Waals surface area contributed by atoms with Crippen molar-refractivity contribution in [2.24, 2.45) is 0 Å². The zero-order chi connectivity index (χ0) is 18.3. The molecule has 130 valence electrons. The molecule has 0 bridgehead atoms. The van der Waals surface area contributed by atoms with E-state index in [1.807, 2.05) is 30.3 Å². The summed E-state index contributed by atoms with van der Waals surface area (Å²) in [6, 6.07) is 12.9. The van der Waals surface area contributed by atoms with E-state index in [1.54, 1.807) is 25.3 Å². The van der Waals surface area contributed by atoms with Gasteiger partial charge in [0.2, 0.25) is 4.96 Å². The number of aromatic nitrogens is 3. The molecular formula is C18H11BrClN3O2S. The number of fused-ring (bicyclic) bond motifs is 1. The zero-order valence-corrected chi connectivity index (χ0v) is 16.6. The number of hydrogen-bond acceptors (Lipinski definition) is 5. The number of hydrogen-bond donors (Lipinski definition) is 0. The molecule has 0 aliphatic rings. The quantitative estimate of drug-likeness (QED) is 0.478. The van der Waals surface area contributed by atoms with Crippen LogP contribution >= 0.6 is 38.9 Å². The van der Waals surface area contributed by atoms with Gasteiger partial charge in [-0.05, 0) is 35.9 Å². The maximum Gasteiger partial charge on any atom is 0.276 e. The van der Waals surface area contributed by atoms with Crippen molar-refractivity contribution in [3.05, 3.63) is 72.4 Å². The van der Waals surface area contributed by atoms with Crippen LogP contribution in [-0.2, 0) is 0 Å². The Bertz CT molecular complexity index is 1240. The third-order valence-electron chi connectivity index (χ3n) is 3.84. The molecule has 0 spiro atoms. The average Bonchev–Trinajstić information content (AvgIpc) is 3.18. The van der Waals surface area contributed by atoms with Crippen LogP contribution < -0.4 is 14.8 Å². The molecule has 2 heterocycles. The number of benzene rings is 2. The molecule has 0 unspecified atom stereocenters. The smallest absolute Gasteiger partial charge is 0.276 e. The molecule has 0 saturated carbocycles. The van der Waals surface area contributed by atoms with E-state index in [9.17, 15) is 4.79 Å². The van der Waals surface area contributed by atoms with E-state index in [-0.39, 0.29) is 5.56 Å². The summed E-state index contributed by atoms with van der Waals surface area (Å²) in [4.78, 5) is 13.5. The maximum atomic E-state index is 13.0. The van der Waals surface area contributed by atoms with Gasteiger partial charge in [0.15, 0.2) is 5.82 Å². The second-order valence-electron chi connectivity index (χ2n) is 5.42. The molecule has 0 radical (unpaired) electrons. The first kappa shape index (κ1) is 17.2. The fourth-order valence-corrected chi connectivity index (χ4v) is 4.10. The molecule has 2 aromatic carbocycles. The molecule has 0 saturated heterocycles. The number of rotatable bonds is 3. The Morgan fingerprint density at radius 1 is 1.23 bits per heavy atom. The van der Waals surface area contributed by atoms with E-state index in [2.05, 4.69) is 26.1 Å². The van der Waals surface area contributed by atoms with E-state index < -0.39 is 0 Å². The van der Waals surface area contributed by atoms with Crippen LogP contribution in [-0.4, -0.2) is 21.7 Å². The van der Waals surface area contributed by atoms with Gasteiger partial charge >= 0.3 is 0 Å². The standard InChI is InChI=1S/C18H11BrClN3O2S/c1-25-14-7-6-11(20)9-12(14)16-21-22-18-23(16)17(24)15(26-18)8-10-4-2-3-5-13(10)19/h2-9H,1H3. The fraction of sp³-hybridized carbons (Fsp3) is 0.0556. The normalized spacial score (nSPS) is 12.0. The Morgan fingerprint density at radius 3 is 2.81 bits per heavy atom. The summed E-state index contributed by atoms with van der Waals surface area (Å²) in [6.07, 6.45) is 1.84. The van der Waals surface area contributed by atoms with E-state index in [0.717, 1.165) is 10.0 Å². The number of thiazole rings is 1. The predicted molar refractivity (Wildman–Crippen MR) is 107 cm³/mol. The van der Waals surface area contributed by atoms with Crippen molar-refractivity contribution >= 4 is 49.9 Å². The minimum absolute atomic E-state index is 0.178. The number of nitrogens with zero attached hydrogens (tertiary/aromatic N) is 3. The first-order valence-corrected chi connectivity index (χ1v) is 9.55. The lowest BCUT2D eigenvalue weighted by Gasteiger charge is -2.06. The van der Waals surface area contributed by atoms with Crippen LogP contribution in [0.1, 0.15) is 5.56 Å². The summed E-state index contributed by atoms with van der Waals surface area (Å²) in [5.74, 6) is 0.984. The van der Waals surface area contributed by atoms with Crippen LogP contribution in [0.3, 0.4) is 0 Å². The fourth-order valence-electron chi connectivity index (χ4n) is 2.63. The zero-order valence-electron chi connectivity index (χ0n) is 13.4. The van der Waals surface area contributed by atoms with Crippen molar-refractivity contribution < 1.29 is 4.74 Å². The lowest BCUT2D eigenvalue weighted by molar-refractivity contribution is 0.416. The van der Waals surface area contributed by atoms with Crippen LogP contribution in [0.4, 0.5) is 0 Å². The molecule has 0 aliphatic carbocycles. The van der Waals surface area contributed by atoms with Crippen LogP contribution in [0.5, 0.6) is 5.75 Å². The van der Waals surface area contributed by atoms with Gasteiger partial charge in [0.25, 0.3) is 5.56 Å². The van der Waals surface area contributed by atoms with Crippen molar-refractivity contribution in [2.75, 3.05) is 7.11 Å². The highest BCUT2D eigenvalue weighted by Gasteiger charge is 2.18. The third kappa shape index (κ3) is 2.92. The first-order chi connectivity index (χ1) is 12.6. The van der Waals surface area contributed by atoms with Crippen molar-refractivity contribution in [3.8, 4) is 17.1 Å². The Balaban J connectivity index is 1.96. The van der Waals surface area contributed by atoms with Crippen molar-refractivity contribution in [1.29, 1.82) is 0 Å². The second kappa shape index (κ2) is 6.83. The topological polar surface area (TPSA) is 56.5 Å². The van der Waals surface area contributed by atoms with Crippen LogP contribution in [0, 0.1) is 0 Å². The summed E-state index contributed by atoms with van der Waals surface area (Å²) >= 11 is 10.9. The van der Waals surface area contributed by atoms with Crippen LogP contribution in [0.25, 0.3) is 22.4 Å². The monoisotopic (exact) mass is 447 g/mol. The largest absolute Gasteiger partial charge is 0.496 e. The number of methoxy groups -OCH3 is 1. The molecule has 0 atom stereocenters. The molecule has 8 heteroatoms. The van der Waals surface area contributed by atoms with Gasteiger partial charge in [-0.15, -0.1) is 10.2 Å². The molecule has 0 aliphatic heterocycles. The van der Waals surface area contributed by atoms with Gasteiger partial charge < -0.3 is 4.74 Å². The van der Waals surface area contributed by atoms with E-state index in [1.165, 1.54) is 15.7 Å². The molecule has 0 N–H and O–H groups in total. The van der Waals surface area contributed by atoms with Crippen molar-refractivity contribution in [1.82, 2.24) is 14.6 Å². The number of ether oxygens (including phenoxy) is 1. The molecule has 2 aromatic heterocycles. The maximum absolute atomic E-state index is 13.0. The van der Waals surface area contributed by atoms with E-state index in [0.29, 0.717) is 31.7 Å². The Kier molecular flexibility index (Phi) is 4.52. The lowest BCUT2D eigenvalue weighted by atomic mass is 10.2. The Labute approximate surface area is 165 Å². The lowest BCUT2D eigenvalue weighted by Crippen LogP contribution is -2.23. The predicted octanol–water partition coefficient (Wildman–Crippen LogP) is 3.79. The minimum atomic E-state index is -0.178. The highest BCUT2D eigenvalue weighted by molar-refractivity contribution is 9.10. The average molecular weight is 449 g/mol. The second-order valence-corrected chi connectivity index (χ2v) is 7.72.